The Labute approximate surface area is 126 Å². The molecule has 21 heavy (non-hydrogen) atoms. The van der Waals surface area contributed by atoms with Gasteiger partial charge in [-0.15, -0.1) is 0 Å². The van der Waals surface area contributed by atoms with Crippen molar-refractivity contribution in [1.82, 2.24) is 4.98 Å². The monoisotopic (exact) mass is 299 g/mol. The van der Waals surface area contributed by atoms with Gasteiger partial charge in [0.2, 0.25) is 5.88 Å². The van der Waals surface area contributed by atoms with Crippen molar-refractivity contribution in [1.29, 1.82) is 0 Å². The fourth-order valence-electron chi connectivity index (χ4n) is 2.36. The van der Waals surface area contributed by atoms with Gasteiger partial charge in [0.15, 0.2) is 5.76 Å². The van der Waals surface area contributed by atoms with Crippen LogP contribution >= 0.6 is 12.2 Å². The van der Waals surface area contributed by atoms with E-state index in [0.29, 0.717) is 5.76 Å². The normalized spacial score (nSPS) is 14.1. The summed E-state index contributed by atoms with van der Waals surface area (Å²) < 4.78 is 5.48. The molecule has 0 spiro atoms. The lowest BCUT2D eigenvalue weighted by molar-refractivity contribution is 0.443. The molecule has 0 saturated carbocycles. The number of aromatic hydroxyl groups is 1. The fourth-order valence-corrected chi connectivity index (χ4v) is 2.54. The average molecular weight is 299 g/mol. The van der Waals surface area contributed by atoms with Crippen molar-refractivity contribution in [3.63, 3.8) is 0 Å². The van der Waals surface area contributed by atoms with Gasteiger partial charge >= 0.3 is 0 Å². The van der Waals surface area contributed by atoms with E-state index in [2.05, 4.69) is 15.2 Å². The maximum absolute atomic E-state index is 10.1. The van der Waals surface area contributed by atoms with Crippen molar-refractivity contribution >= 4 is 29.2 Å². The summed E-state index contributed by atoms with van der Waals surface area (Å²) in [6.07, 6.45) is 0. The molecule has 0 aliphatic carbocycles. The molecule has 1 aromatic carbocycles. The van der Waals surface area contributed by atoms with Gasteiger partial charge in [-0.25, -0.2) is 0 Å². The van der Waals surface area contributed by atoms with Crippen molar-refractivity contribution in [3.05, 3.63) is 52.1 Å². The number of nitrogens with zero attached hydrogens (tertiary/aromatic N) is 2. The van der Waals surface area contributed by atoms with Crippen LogP contribution in [0.3, 0.4) is 0 Å². The quantitative estimate of drug-likeness (QED) is 0.830. The van der Waals surface area contributed by atoms with E-state index in [0.717, 1.165) is 28.1 Å². The number of hydrogen-bond donors (Lipinski definition) is 2. The molecular weight excluding hydrogens is 286 g/mol. The van der Waals surface area contributed by atoms with Crippen LogP contribution in [-0.4, -0.2) is 21.5 Å². The zero-order valence-corrected chi connectivity index (χ0v) is 12.4. The molecule has 1 aromatic heterocycles. The first-order valence-electron chi connectivity index (χ1n) is 6.39. The predicted molar refractivity (Wildman–Crippen MR) is 84.2 cm³/mol. The molecule has 0 atom stereocenters. The second-order valence-corrected chi connectivity index (χ2v) is 5.05. The summed E-state index contributed by atoms with van der Waals surface area (Å²) in [4.78, 5) is 2.72. The highest BCUT2D eigenvalue weighted by Crippen LogP contribution is 2.34. The van der Waals surface area contributed by atoms with E-state index in [-0.39, 0.29) is 10.7 Å². The Morgan fingerprint density at radius 3 is 2.29 bits per heavy atom. The lowest BCUT2D eigenvalue weighted by atomic mass is 9.93. The summed E-state index contributed by atoms with van der Waals surface area (Å²) in [5, 5.41) is 18.3. The van der Waals surface area contributed by atoms with Gasteiger partial charge in [-0.1, -0.05) is 30.3 Å². The SMILES string of the molecule is CC1=NN=C(C)C1=C(c1ccccc1)c1oc(=S)[nH]c1O. The second kappa shape index (κ2) is 5.14. The zero-order valence-electron chi connectivity index (χ0n) is 11.5. The number of aromatic nitrogens is 1. The Hall–Kier alpha value is -2.47. The highest BCUT2D eigenvalue weighted by Gasteiger charge is 2.25. The fraction of sp³-hybridized carbons (Fsp3) is 0.133. The van der Waals surface area contributed by atoms with Crippen molar-refractivity contribution in [3.8, 4) is 5.88 Å². The summed E-state index contributed by atoms with van der Waals surface area (Å²) in [6.45, 7) is 3.74. The van der Waals surface area contributed by atoms with Crippen LogP contribution in [0.1, 0.15) is 25.2 Å². The van der Waals surface area contributed by atoms with Crippen LogP contribution in [0.2, 0.25) is 0 Å². The summed E-state index contributed by atoms with van der Waals surface area (Å²) in [5.41, 5.74) is 4.00. The summed E-state index contributed by atoms with van der Waals surface area (Å²) in [7, 11) is 0. The van der Waals surface area contributed by atoms with Gasteiger partial charge in [0.25, 0.3) is 4.84 Å². The highest BCUT2D eigenvalue weighted by atomic mass is 32.1. The van der Waals surface area contributed by atoms with Crippen molar-refractivity contribution in [2.75, 3.05) is 0 Å². The van der Waals surface area contributed by atoms with Gasteiger partial charge in [-0.3, -0.25) is 4.98 Å². The number of nitrogens with one attached hydrogen (secondary N) is 1. The molecule has 0 radical (unpaired) electrons. The molecule has 0 fully saturated rings. The molecule has 2 aromatic rings. The van der Waals surface area contributed by atoms with Crippen LogP contribution in [0.4, 0.5) is 0 Å². The average Bonchev–Trinajstić information content (AvgIpc) is 2.97. The van der Waals surface area contributed by atoms with Crippen LogP contribution in [0.5, 0.6) is 5.88 Å². The minimum absolute atomic E-state index is 0.0983. The van der Waals surface area contributed by atoms with Gasteiger partial charge in [0.05, 0.1) is 11.4 Å². The largest absolute Gasteiger partial charge is 0.492 e. The topological polar surface area (TPSA) is 73.9 Å². The minimum Gasteiger partial charge on any atom is -0.492 e. The minimum atomic E-state index is -0.0983. The molecule has 3 rings (SSSR count). The van der Waals surface area contributed by atoms with Gasteiger partial charge < -0.3 is 9.52 Å². The molecule has 0 bridgehead atoms. The lowest BCUT2D eigenvalue weighted by Crippen LogP contribution is -2.06. The third kappa shape index (κ3) is 2.34. The van der Waals surface area contributed by atoms with Crippen LogP contribution in [-0.2, 0) is 0 Å². The molecule has 2 heterocycles. The molecule has 2 N–H and O–H groups in total. The number of aromatic amines is 1. The number of allylic oxidation sites excluding steroid dienone is 1. The molecule has 5 nitrogen and oxygen atoms in total. The molecule has 1 aliphatic rings. The Balaban J connectivity index is 2.35. The molecule has 106 valence electrons. The van der Waals surface area contributed by atoms with E-state index >= 15 is 0 Å². The van der Waals surface area contributed by atoms with Crippen molar-refractivity contribution in [2.24, 2.45) is 10.2 Å². The van der Waals surface area contributed by atoms with Gasteiger partial charge in [-0.05, 0) is 31.6 Å². The Bertz CT molecular complexity index is 821. The maximum Gasteiger partial charge on any atom is 0.269 e. The third-order valence-corrected chi connectivity index (χ3v) is 3.43. The molecule has 0 amide bonds. The van der Waals surface area contributed by atoms with Crippen molar-refractivity contribution in [2.45, 2.75) is 13.8 Å². The standard InChI is InChI=1S/C15H13N3O2S/c1-8-11(9(2)18-17-8)12(10-6-4-3-5-7-10)13-14(19)16-15(21)20-13/h3-7,19H,1-2H3,(H,16,21). The van der Waals surface area contributed by atoms with Crippen LogP contribution in [0.25, 0.3) is 5.57 Å². The van der Waals surface area contributed by atoms with Gasteiger partial charge in [-0.2, -0.15) is 10.2 Å². The smallest absolute Gasteiger partial charge is 0.269 e. The predicted octanol–water partition coefficient (Wildman–Crippen LogP) is 3.70. The van der Waals surface area contributed by atoms with E-state index in [1.54, 1.807) is 0 Å². The summed E-state index contributed by atoms with van der Waals surface area (Å²) in [6, 6.07) is 9.64. The molecule has 0 saturated heterocycles. The van der Waals surface area contributed by atoms with Gasteiger partial charge in [0, 0.05) is 11.1 Å². The van der Waals surface area contributed by atoms with Crippen LogP contribution < -0.4 is 0 Å². The van der Waals surface area contributed by atoms with E-state index in [4.69, 9.17) is 16.6 Å². The third-order valence-electron chi connectivity index (χ3n) is 3.24. The van der Waals surface area contributed by atoms with Gasteiger partial charge in [0.1, 0.15) is 0 Å². The molecular formula is C15H13N3O2S. The Kier molecular flexibility index (Phi) is 3.31. The summed E-state index contributed by atoms with van der Waals surface area (Å²) in [5.74, 6) is 0.200. The van der Waals surface area contributed by atoms with E-state index in [1.165, 1.54) is 0 Å². The number of rotatable bonds is 2. The Morgan fingerprint density at radius 2 is 1.76 bits per heavy atom. The number of H-pyrrole nitrogens is 1. The maximum atomic E-state index is 10.1. The first kappa shape index (κ1) is 13.5. The highest BCUT2D eigenvalue weighted by molar-refractivity contribution is 7.71. The first-order valence-corrected chi connectivity index (χ1v) is 6.80. The number of benzene rings is 1. The second-order valence-electron chi connectivity index (χ2n) is 4.68. The molecule has 6 heteroatoms. The van der Waals surface area contributed by atoms with Crippen molar-refractivity contribution < 1.29 is 9.52 Å². The van der Waals surface area contributed by atoms with E-state index in [1.807, 2.05) is 44.2 Å². The Morgan fingerprint density at radius 1 is 1.14 bits per heavy atom. The number of oxazole rings is 1. The first-order chi connectivity index (χ1) is 10.1. The van der Waals surface area contributed by atoms with E-state index < -0.39 is 0 Å². The zero-order chi connectivity index (χ0) is 15.0. The summed E-state index contributed by atoms with van der Waals surface area (Å²) >= 11 is 4.96. The lowest BCUT2D eigenvalue weighted by Gasteiger charge is -2.10. The molecule has 0 unspecified atom stereocenters. The van der Waals surface area contributed by atoms with Crippen LogP contribution in [0.15, 0.2) is 50.5 Å². The van der Waals surface area contributed by atoms with Crippen LogP contribution in [0, 0.1) is 4.84 Å². The molecule has 1 aliphatic heterocycles. The van der Waals surface area contributed by atoms with E-state index in [9.17, 15) is 5.11 Å². The number of hydrogen-bond acceptors (Lipinski definition) is 5.